The van der Waals surface area contributed by atoms with E-state index in [1.54, 1.807) is 4.90 Å². The van der Waals surface area contributed by atoms with Crippen LogP contribution >= 0.6 is 12.4 Å². The number of ether oxygens (including phenoxy) is 1. The summed E-state index contributed by atoms with van der Waals surface area (Å²) in [5.74, 6) is 0.489. The van der Waals surface area contributed by atoms with Crippen LogP contribution in [-0.4, -0.2) is 29.9 Å². The molecule has 1 amide bonds. The lowest BCUT2D eigenvalue weighted by Crippen LogP contribution is -2.46. The number of halogens is 1. The normalized spacial score (nSPS) is 15.3. The van der Waals surface area contributed by atoms with Crippen LogP contribution in [0, 0.1) is 11.3 Å². The largest absolute Gasteiger partial charge is 0.489 e. The van der Waals surface area contributed by atoms with Crippen molar-refractivity contribution in [3.05, 3.63) is 84.4 Å². The predicted octanol–water partition coefficient (Wildman–Crippen LogP) is 4.90. The third-order valence-electron chi connectivity index (χ3n) is 5.70. The molecular weight excluding hydrogens is 436 g/mol. The molecule has 33 heavy (non-hydrogen) atoms. The molecule has 1 unspecified atom stereocenters. The maximum atomic E-state index is 12.7. The van der Waals surface area contributed by atoms with Crippen molar-refractivity contribution in [2.75, 3.05) is 18.4 Å². The second kappa shape index (κ2) is 11.4. The molecule has 1 atom stereocenters. The van der Waals surface area contributed by atoms with Crippen LogP contribution in [0.5, 0.6) is 5.75 Å². The molecule has 6 nitrogen and oxygen atoms in total. The van der Waals surface area contributed by atoms with Crippen LogP contribution in [0.15, 0.2) is 78.9 Å². The Bertz CT molecular complexity index is 1070. The number of benzene rings is 3. The highest BCUT2D eigenvalue weighted by Gasteiger charge is 2.26. The summed E-state index contributed by atoms with van der Waals surface area (Å²) >= 11 is 0. The molecular formula is C26H29ClN4O2. The minimum atomic E-state index is -0.180. The van der Waals surface area contributed by atoms with Gasteiger partial charge < -0.3 is 20.7 Å². The molecule has 0 radical (unpaired) electrons. The average molecular weight is 465 g/mol. The predicted molar refractivity (Wildman–Crippen MR) is 135 cm³/mol. The van der Waals surface area contributed by atoms with Crippen molar-refractivity contribution in [1.29, 1.82) is 5.41 Å². The van der Waals surface area contributed by atoms with E-state index in [1.165, 1.54) is 11.1 Å². The van der Waals surface area contributed by atoms with Gasteiger partial charge in [-0.15, -0.1) is 12.4 Å². The molecule has 4 N–H and O–H groups in total. The molecule has 172 valence electrons. The van der Waals surface area contributed by atoms with Gasteiger partial charge in [-0.1, -0.05) is 60.7 Å². The molecule has 1 aliphatic rings. The van der Waals surface area contributed by atoms with Gasteiger partial charge in [0.1, 0.15) is 12.4 Å². The van der Waals surface area contributed by atoms with Gasteiger partial charge in [-0.25, -0.2) is 0 Å². The quantitative estimate of drug-likeness (QED) is 0.357. The molecule has 0 spiro atoms. The average Bonchev–Trinajstić information content (AvgIpc) is 2.84. The van der Waals surface area contributed by atoms with Crippen molar-refractivity contribution < 1.29 is 9.53 Å². The summed E-state index contributed by atoms with van der Waals surface area (Å²) in [6.45, 7) is 1.66. The van der Waals surface area contributed by atoms with Crippen molar-refractivity contribution in [1.82, 2.24) is 4.90 Å². The summed E-state index contributed by atoms with van der Waals surface area (Å²) in [5.41, 5.74) is 9.72. The minimum absolute atomic E-state index is 0. The summed E-state index contributed by atoms with van der Waals surface area (Å²) in [4.78, 5) is 14.4. The molecule has 0 aliphatic carbocycles. The van der Waals surface area contributed by atoms with Crippen molar-refractivity contribution in [3.8, 4) is 16.9 Å². The molecule has 3 aromatic carbocycles. The first-order valence-corrected chi connectivity index (χ1v) is 10.9. The number of hydrogen-bond donors (Lipinski definition) is 3. The fourth-order valence-corrected chi connectivity index (χ4v) is 3.91. The van der Waals surface area contributed by atoms with Gasteiger partial charge in [0.05, 0.1) is 5.92 Å². The highest BCUT2D eigenvalue weighted by Crippen LogP contribution is 2.23. The number of guanidine groups is 1. The zero-order valence-electron chi connectivity index (χ0n) is 18.4. The topological polar surface area (TPSA) is 91.4 Å². The summed E-state index contributed by atoms with van der Waals surface area (Å²) in [5, 5.41) is 10.6. The summed E-state index contributed by atoms with van der Waals surface area (Å²) in [6.07, 6.45) is 1.65. The number of piperidine rings is 1. The number of nitrogens with one attached hydrogen (secondary N) is 2. The Kier molecular flexibility index (Phi) is 8.33. The number of amides is 1. The number of carbonyl (C=O) groups excluding carboxylic acids is 1. The number of nitrogens with zero attached hydrogens (tertiary/aromatic N) is 1. The molecule has 1 heterocycles. The first-order chi connectivity index (χ1) is 15.6. The van der Waals surface area contributed by atoms with E-state index < -0.39 is 0 Å². The van der Waals surface area contributed by atoms with Crippen LogP contribution in [0.3, 0.4) is 0 Å². The van der Waals surface area contributed by atoms with Crippen molar-refractivity contribution in [2.24, 2.45) is 11.7 Å². The second-order valence-corrected chi connectivity index (χ2v) is 8.04. The van der Waals surface area contributed by atoms with Gasteiger partial charge in [0.2, 0.25) is 5.91 Å². The standard InChI is InChI=1S/C26H28N4O2.ClH/c27-26(28)30-15-5-8-22(17-30)25(31)29-23-9-4-10-24(16-23)32-18-19-11-13-21(14-12-19)20-6-2-1-3-7-20;/h1-4,6-7,9-14,16,22H,5,8,15,17-18H2,(H3,27,28)(H,29,31);1H. The van der Waals surface area contributed by atoms with Crippen molar-refractivity contribution in [3.63, 3.8) is 0 Å². The number of anilines is 1. The number of nitrogens with two attached hydrogens (primary N) is 1. The lowest BCUT2D eigenvalue weighted by molar-refractivity contribution is -0.121. The number of hydrogen-bond acceptors (Lipinski definition) is 3. The number of carbonyl (C=O) groups is 1. The first kappa shape index (κ1) is 24.1. The number of rotatable bonds is 6. The fourth-order valence-electron chi connectivity index (χ4n) is 3.91. The Labute approximate surface area is 200 Å². The van der Waals surface area contributed by atoms with E-state index in [1.807, 2.05) is 42.5 Å². The van der Waals surface area contributed by atoms with Crippen LogP contribution in [-0.2, 0) is 11.4 Å². The smallest absolute Gasteiger partial charge is 0.229 e. The van der Waals surface area contributed by atoms with Crippen LogP contribution in [0.2, 0.25) is 0 Å². The molecule has 0 bridgehead atoms. The van der Waals surface area contributed by atoms with Gasteiger partial charge in [-0.3, -0.25) is 10.2 Å². The Morgan fingerprint density at radius 2 is 1.76 bits per heavy atom. The van der Waals surface area contributed by atoms with Gasteiger partial charge in [0.15, 0.2) is 5.96 Å². The van der Waals surface area contributed by atoms with E-state index >= 15 is 0 Å². The zero-order valence-corrected chi connectivity index (χ0v) is 19.2. The maximum absolute atomic E-state index is 12.7. The van der Waals surface area contributed by atoms with E-state index in [4.69, 9.17) is 15.9 Å². The van der Waals surface area contributed by atoms with E-state index in [9.17, 15) is 4.79 Å². The lowest BCUT2D eigenvalue weighted by atomic mass is 9.97. The molecule has 7 heteroatoms. The fraction of sp³-hybridized carbons (Fsp3) is 0.231. The van der Waals surface area contributed by atoms with Gasteiger partial charge in [-0.2, -0.15) is 0 Å². The zero-order chi connectivity index (χ0) is 22.3. The molecule has 1 fully saturated rings. The van der Waals surface area contributed by atoms with Crippen molar-refractivity contribution in [2.45, 2.75) is 19.4 Å². The second-order valence-electron chi connectivity index (χ2n) is 8.04. The summed E-state index contributed by atoms with van der Waals surface area (Å²) < 4.78 is 5.95. The van der Waals surface area contributed by atoms with Gasteiger partial charge in [-0.05, 0) is 41.7 Å². The van der Waals surface area contributed by atoms with E-state index in [2.05, 4.69) is 41.7 Å². The summed E-state index contributed by atoms with van der Waals surface area (Å²) in [6, 6.07) is 26.0. The molecule has 3 aromatic rings. The van der Waals surface area contributed by atoms with Gasteiger partial charge >= 0.3 is 0 Å². The maximum Gasteiger partial charge on any atom is 0.229 e. The minimum Gasteiger partial charge on any atom is -0.489 e. The highest BCUT2D eigenvalue weighted by atomic mass is 35.5. The number of likely N-dealkylation sites (tertiary alicyclic amines) is 1. The third-order valence-corrected chi connectivity index (χ3v) is 5.70. The van der Waals surface area contributed by atoms with Gasteiger partial charge in [0, 0.05) is 24.8 Å². The monoisotopic (exact) mass is 464 g/mol. The Morgan fingerprint density at radius 3 is 2.48 bits per heavy atom. The molecule has 0 saturated carbocycles. The van der Waals surface area contributed by atoms with Crippen LogP contribution in [0.4, 0.5) is 5.69 Å². The Morgan fingerprint density at radius 1 is 1.03 bits per heavy atom. The Balaban J connectivity index is 0.00000306. The van der Waals surface area contributed by atoms with Crippen LogP contribution in [0.25, 0.3) is 11.1 Å². The lowest BCUT2D eigenvalue weighted by Gasteiger charge is -2.32. The Hall–Kier alpha value is -3.51. The van der Waals surface area contributed by atoms with Crippen molar-refractivity contribution >= 4 is 30.0 Å². The summed E-state index contributed by atoms with van der Waals surface area (Å²) in [7, 11) is 0. The molecule has 1 aliphatic heterocycles. The first-order valence-electron chi connectivity index (χ1n) is 10.9. The van der Waals surface area contributed by atoms with Crippen LogP contribution < -0.4 is 15.8 Å². The van der Waals surface area contributed by atoms with Gasteiger partial charge in [0.25, 0.3) is 0 Å². The molecule has 4 rings (SSSR count). The molecule has 1 saturated heterocycles. The van der Waals surface area contributed by atoms with E-state index in [-0.39, 0.29) is 30.2 Å². The molecule has 0 aromatic heterocycles. The third kappa shape index (κ3) is 6.49. The SMILES string of the molecule is Cl.N=C(N)N1CCCC(C(=O)Nc2cccc(OCc3ccc(-c4ccccc4)cc3)c2)C1. The van der Waals surface area contributed by atoms with Crippen LogP contribution in [0.1, 0.15) is 18.4 Å². The van der Waals surface area contributed by atoms with E-state index in [0.717, 1.165) is 24.9 Å². The van der Waals surface area contributed by atoms with E-state index in [0.29, 0.717) is 24.6 Å². The highest BCUT2D eigenvalue weighted by molar-refractivity contribution is 5.93.